The summed E-state index contributed by atoms with van der Waals surface area (Å²) in [6.07, 6.45) is -0.470. The molecule has 0 aliphatic carbocycles. The Morgan fingerprint density at radius 1 is 1.46 bits per heavy atom. The van der Waals surface area contributed by atoms with E-state index in [2.05, 4.69) is 0 Å². The fourth-order valence-electron chi connectivity index (χ4n) is 1.27. The highest BCUT2D eigenvalue weighted by Crippen LogP contribution is 2.25. The molecule has 0 saturated heterocycles. The number of hydrogen-bond acceptors (Lipinski definition) is 2. The van der Waals surface area contributed by atoms with Gasteiger partial charge in [0.15, 0.2) is 0 Å². The molecule has 0 unspecified atom stereocenters. The van der Waals surface area contributed by atoms with Gasteiger partial charge in [-0.2, -0.15) is 0 Å². The predicted molar refractivity (Wildman–Crippen MR) is 53.0 cm³/mol. The molecule has 1 aromatic carbocycles. The van der Waals surface area contributed by atoms with Crippen molar-refractivity contribution in [2.75, 3.05) is 6.61 Å². The van der Waals surface area contributed by atoms with Crippen molar-refractivity contribution in [2.24, 2.45) is 0 Å². The molecule has 0 amide bonds. The first-order valence-electron chi connectivity index (χ1n) is 4.56. The van der Waals surface area contributed by atoms with Gasteiger partial charge in [-0.05, 0) is 32.4 Å². The lowest BCUT2D eigenvalue weighted by atomic mass is 10.1. The van der Waals surface area contributed by atoms with Crippen molar-refractivity contribution in [3.05, 3.63) is 29.3 Å². The molecule has 1 aromatic rings. The molecule has 72 valence electrons. The highest BCUT2D eigenvalue weighted by atomic mass is 16.5. The summed E-state index contributed by atoms with van der Waals surface area (Å²) in [5.41, 5.74) is 2.00. The van der Waals surface area contributed by atoms with Crippen LogP contribution in [-0.2, 0) is 0 Å². The molecule has 1 N–H and O–H groups in total. The lowest BCUT2D eigenvalue weighted by molar-refractivity contribution is 0.192. The van der Waals surface area contributed by atoms with E-state index in [0.717, 1.165) is 16.9 Å². The minimum atomic E-state index is -0.470. The number of benzene rings is 1. The summed E-state index contributed by atoms with van der Waals surface area (Å²) < 4.78 is 5.42. The van der Waals surface area contributed by atoms with Gasteiger partial charge in [0.2, 0.25) is 0 Å². The van der Waals surface area contributed by atoms with Gasteiger partial charge in [0.25, 0.3) is 0 Å². The Morgan fingerprint density at radius 2 is 2.15 bits per heavy atom. The van der Waals surface area contributed by atoms with E-state index in [0.29, 0.717) is 6.61 Å². The van der Waals surface area contributed by atoms with Crippen LogP contribution in [0.1, 0.15) is 31.1 Å². The van der Waals surface area contributed by atoms with E-state index < -0.39 is 6.10 Å². The summed E-state index contributed by atoms with van der Waals surface area (Å²) in [4.78, 5) is 0. The smallest absolute Gasteiger partial charge is 0.125 e. The summed E-state index contributed by atoms with van der Waals surface area (Å²) in [7, 11) is 0. The van der Waals surface area contributed by atoms with Crippen LogP contribution in [0.2, 0.25) is 0 Å². The van der Waals surface area contributed by atoms with E-state index in [1.807, 2.05) is 32.0 Å². The third kappa shape index (κ3) is 2.46. The van der Waals surface area contributed by atoms with E-state index in [9.17, 15) is 5.11 Å². The first-order valence-corrected chi connectivity index (χ1v) is 4.56. The van der Waals surface area contributed by atoms with Gasteiger partial charge in [0, 0.05) is 5.56 Å². The highest BCUT2D eigenvalue weighted by molar-refractivity contribution is 5.38. The molecule has 0 aliphatic heterocycles. The van der Waals surface area contributed by atoms with E-state index in [-0.39, 0.29) is 0 Å². The number of aliphatic hydroxyl groups excluding tert-OH is 1. The molecule has 0 fully saturated rings. The molecule has 0 aliphatic rings. The lowest BCUT2D eigenvalue weighted by Crippen LogP contribution is -1.99. The Kier molecular flexibility index (Phi) is 3.32. The largest absolute Gasteiger partial charge is 0.493 e. The van der Waals surface area contributed by atoms with E-state index in [1.165, 1.54) is 0 Å². The molecule has 1 rings (SSSR count). The SMILES string of the molecule is CCOc1cc(C)ccc1[C@@H](C)O. The van der Waals surface area contributed by atoms with Gasteiger partial charge >= 0.3 is 0 Å². The van der Waals surface area contributed by atoms with Crippen molar-refractivity contribution in [3.63, 3.8) is 0 Å². The average Bonchev–Trinajstić information content (AvgIpc) is 2.04. The summed E-state index contributed by atoms with van der Waals surface area (Å²) in [6, 6.07) is 5.83. The molecule has 0 heterocycles. The molecule has 2 heteroatoms. The first kappa shape index (κ1) is 10.1. The Balaban J connectivity index is 3.03. The van der Waals surface area contributed by atoms with Gasteiger partial charge in [-0.25, -0.2) is 0 Å². The van der Waals surface area contributed by atoms with Crippen molar-refractivity contribution in [3.8, 4) is 5.75 Å². The summed E-state index contributed by atoms with van der Waals surface area (Å²) in [5, 5.41) is 9.44. The molecule has 0 saturated carbocycles. The second kappa shape index (κ2) is 4.28. The molecule has 2 nitrogen and oxygen atoms in total. The van der Waals surface area contributed by atoms with Crippen molar-refractivity contribution >= 4 is 0 Å². The second-order valence-electron chi connectivity index (χ2n) is 3.15. The number of hydrogen-bond donors (Lipinski definition) is 1. The zero-order chi connectivity index (χ0) is 9.84. The maximum absolute atomic E-state index is 9.44. The van der Waals surface area contributed by atoms with Gasteiger partial charge < -0.3 is 9.84 Å². The van der Waals surface area contributed by atoms with Gasteiger partial charge in [-0.15, -0.1) is 0 Å². The van der Waals surface area contributed by atoms with Gasteiger partial charge in [0.05, 0.1) is 12.7 Å². The molecule has 13 heavy (non-hydrogen) atoms. The minimum Gasteiger partial charge on any atom is -0.493 e. The van der Waals surface area contributed by atoms with Crippen LogP contribution in [0.5, 0.6) is 5.75 Å². The standard InChI is InChI=1S/C11H16O2/c1-4-13-11-7-8(2)5-6-10(11)9(3)12/h5-7,9,12H,4H2,1-3H3/t9-/m1/s1. The Hall–Kier alpha value is -1.02. The van der Waals surface area contributed by atoms with Crippen LogP contribution in [0.15, 0.2) is 18.2 Å². The predicted octanol–water partition coefficient (Wildman–Crippen LogP) is 2.45. The van der Waals surface area contributed by atoms with E-state index in [4.69, 9.17) is 4.74 Å². The lowest BCUT2D eigenvalue weighted by Gasteiger charge is -2.12. The first-order chi connectivity index (χ1) is 6.15. The van der Waals surface area contributed by atoms with Crippen molar-refractivity contribution in [2.45, 2.75) is 26.9 Å². The number of rotatable bonds is 3. The van der Waals surface area contributed by atoms with Crippen LogP contribution in [0.3, 0.4) is 0 Å². The summed E-state index contributed by atoms with van der Waals surface area (Å²) in [5.74, 6) is 0.789. The normalized spacial score (nSPS) is 12.6. The van der Waals surface area contributed by atoms with Gasteiger partial charge in [0.1, 0.15) is 5.75 Å². The Labute approximate surface area is 79.2 Å². The summed E-state index contributed by atoms with van der Waals surface area (Å²) in [6.45, 7) is 6.32. The fourth-order valence-corrected chi connectivity index (χ4v) is 1.27. The minimum absolute atomic E-state index is 0.470. The van der Waals surface area contributed by atoms with E-state index >= 15 is 0 Å². The molecular formula is C11H16O2. The second-order valence-corrected chi connectivity index (χ2v) is 3.15. The molecule has 0 spiro atoms. The zero-order valence-corrected chi connectivity index (χ0v) is 8.37. The van der Waals surface area contributed by atoms with E-state index in [1.54, 1.807) is 6.92 Å². The molecule has 0 aromatic heterocycles. The Morgan fingerprint density at radius 3 is 2.69 bits per heavy atom. The van der Waals surface area contributed by atoms with Crippen LogP contribution in [0, 0.1) is 6.92 Å². The number of aliphatic hydroxyl groups is 1. The number of aryl methyl sites for hydroxylation is 1. The van der Waals surface area contributed by atoms with Crippen molar-refractivity contribution < 1.29 is 9.84 Å². The van der Waals surface area contributed by atoms with Crippen LogP contribution >= 0.6 is 0 Å². The molecule has 1 atom stereocenters. The topological polar surface area (TPSA) is 29.5 Å². The average molecular weight is 180 g/mol. The van der Waals surface area contributed by atoms with Crippen LogP contribution in [0.25, 0.3) is 0 Å². The quantitative estimate of drug-likeness (QED) is 0.774. The summed E-state index contributed by atoms with van der Waals surface area (Å²) >= 11 is 0. The zero-order valence-electron chi connectivity index (χ0n) is 8.37. The maximum Gasteiger partial charge on any atom is 0.125 e. The highest BCUT2D eigenvalue weighted by Gasteiger charge is 2.08. The van der Waals surface area contributed by atoms with Crippen molar-refractivity contribution in [1.82, 2.24) is 0 Å². The van der Waals surface area contributed by atoms with Crippen LogP contribution in [-0.4, -0.2) is 11.7 Å². The molecular weight excluding hydrogens is 164 g/mol. The molecule has 0 bridgehead atoms. The van der Waals surface area contributed by atoms with Crippen molar-refractivity contribution in [1.29, 1.82) is 0 Å². The molecule has 0 radical (unpaired) electrons. The third-order valence-electron chi connectivity index (χ3n) is 1.92. The maximum atomic E-state index is 9.44. The van der Waals surface area contributed by atoms with Crippen LogP contribution in [0.4, 0.5) is 0 Å². The van der Waals surface area contributed by atoms with Gasteiger partial charge in [-0.3, -0.25) is 0 Å². The fraction of sp³-hybridized carbons (Fsp3) is 0.455. The third-order valence-corrected chi connectivity index (χ3v) is 1.92. The number of ether oxygens (including phenoxy) is 1. The van der Waals surface area contributed by atoms with Crippen LogP contribution < -0.4 is 4.74 Å². The Bertz CT molecular complexity index is 279. The monoisotopic (exact) mass is 180 g/mol. The van der Waals surface area contributed by atoms with Gasteiger partial charge in [-0.1, -0.05) is 12.1 Å².